The van der Waals surface area contributed by atoms with Gasteiger partial charge in [-0.2, -0.15) is 0 Å². The third-order valence-corrected chi connectivity index (χ3v) is 5.10. The maximum absolute atomic E-state index is 14.4. The van der Waals surface area contributed by atoms with Gasteiger partial charge in [-0.15, -0.1) is 0 Å². The topological polar surface area (TPSA) is 21.3 Å². The van der Waals surface area contributed by atoms with E-state index in [4.69, 9.17) is 4.74 Å². The van der Waals surface area contributed by atoms with E-state index in [2.05, 4.69) is 5.32 Å². The molecule has 1 N–H and O–H groups in total. The summed E-state index contributed by atoms with van der Waals surface area (Å²) in [7, 11) is 0. The van der Waals surface area contributed by atoms with Gasteiger partial charge in [0.15, 0.2) is 0 Å². The summed E-state index contributed by atoms with van der Waals surface area (Å²) in [4.78, 5) is 0. The quantitative estimate of drug-likeness (QED) is 0.909. The van der Waals surface area contributed by atoms with Gasteiger partial charge in [0.2, 0.25) is 0 Å². The molecule has 2 aliphatic heterocycles. The van der Waals surface area contributed by atoms with Crippen LogP contribution >= 0.6 is 0 Å². The molecule has 0 saturated carbocycles. The number of piperidine rings is 1. The predicted octanol–water partition coefficient (Wildman–Crippen LogP) is 4.29. The van der Waals surface area contributed by atoms with Crippen molar-refractivity contribution in [3.63, 3.8) is 0 Å². The zero-order chi connectivity index (χ0) is 15.6. The molecule has 2 aromatic rings. The first kappa shape index (κ1) is 14.9. The first-order valence-corrected chi connectivity index (χ1v) is 8.50. The Morgan fingerprint density at radius 2 is 1.70 bits per heavy atom. The van der Waals surface area contributed by atoms with E-state index in [0.29, 0.717) is 24.3 Å². The lowest BCUT2D eigenvalue weighted by atomic mass is 9.99. The molecule has 3 heteroatoms. The third kappa shape index (κ3) is 3.17. The van der Waals surface area contributed by atoms with Crippen LogP contribution in [0.15, 0.2) is 48.5 Å². The van der Waals surface area contributed by atoms with Gasteiger partial charge in [0.25, 0.3) is 0 Å². The minimum atomic E-state index is -0.178. The van der Waals surface area contributed by atoms with Crippen molar-refractivity contribution in [2.75, 3.05) is 0 Å². The first-order chi connectivity index (χ1) is 11.3. The molecule has 2 heterocycles. The second kappa shape index (κ2) is 6.42. The van der Waals surface area contributed by atoms with Crippen LogP contribution in [0.1, 0.15) is 31.2 Å². The van der Waals surface area contributed by atoms with Crippen LogP contribution in [0.25, 0.3) is 11.1 Å². The predicted molar refractivity (Wildman–Crippen MR) is 89.6 cm³/mol. The Kier molecular flexibility index (Phi) is 4.15. The molecule has 0 aliphatic carbocycles. The van der Waals surface area contributed by atoms with Crippen molar-refractivity contribution in [2.45, 2.75) is 50.5 Å². The van der Waals surface area contributed by atoms with Crippen molar-refractivity contribution in [2.24, 2.45) is 0 Å². The summed E-state index contributed by atoms with van der Waals surface area (Å²) in [6.07, 6.45) is 4.84. The molecule has 2 nitrogen and oxygen atoms in total. The van der Waals surface area contributed by atoms with Crippen LogP contribution in [0.2, 0.25) is 0 Å². The normalized spacial score (nSPS) is 26.4. The molecule has 1 unspecified atom stereocenters. The molecule has 2 aliphatic rings. The molecular weight excluding hydrogens is 289 g/mol. The van der Waals surface area contributed by atoms with E-state index in [1.165, 1.54) is 18.9 Å². The van der Waals surface area contributed by atoms with E-state index >= 15 is 0 Å². The Hall–Kier alpha value is -1.71. The molecule has 2 aromatic carbocycles. The smallest absolute Gasteiger partial charge is 0.129 e. The molecule has 2 fully saturated rings. The van der Waals surface area contributed by atoms with Crippen LogP contribution < -0.4 is 5.32 Å². The summed E-state index contributed by atoms with van der Waals surface area (Å²) in [6.45, 7) is 0.348. The molecule has 23 heavy (non-hydrogen) atoms. The zero-order valence-electron chi connectivity index (χ0n) is 13.2. The van der Waals surface area contributed by atoms with Crippen molar-refractivity contribution in [1.82, 2.24) is 5.32 Å². The largest absolute Gasteiger partial charge is 0.373 e. The van der Waals surface area contributed by atoms with E-state index in [-0.39, 0.29) is 11.9 Å². The van der Waals surface area contributed by atoms with Gasteiger partial charge in [0.1, 0.15) is 5.82 Å². The maximum atomic E-state index is 14.4. The summed E-state index contributed by atoms with van der Waals surface area (Å²) in [5, 5.41) is 3.61. The summed E-state index contributed by atoms with van der Waals surface area (Å²) >= 11 is 0. The number of fused-ring (bicyclic) bond motifs is 2. The number of nitrogens with one attached hydrogen (secondary N) is 1. The lowest BCUT2D eigenvalue weighted by molar-refractivity contribution is 0.00821. The number of benzene rings is 2. The molecule has 2 bridgehead atoms. The zero-order valence-corrected chi connectivity index (χ0v) is 13.2. The van der Waals surface area contributed by atoms with Gasteiger partial charge in [0, 0.05) is 17.6 Å². The van der Waals surface area contributed by atoms with Crippen LogP contribution in [0.5, 0.6) is 0 Å². The third-order valence-electron chi connectivity index (χ3n) is 5.10. The molecule has 0 amide bonds. The monoisotopic (exact) mass is 311 g/mol. The lowest BCUT2D eigenvalue weighted by Gasteiger charge is -2.29. The average molecular weight is 311 g/mol. The highest BCUT2D eigenvalue weighted by Gasteiger charge is 2.34. The van der Waals surface area contributed by atoms with E-state index < -0.39 is 0 Å². The van der Waals surface area contributed by atoms with Crippen LogP contribution in [-0.4, -0.2) is 18.2 Å². The Morgan fingerprint density at radius 3 is 2.43 bits per heavy atom. The van der Waals surface area contributed by atoms with E-state index in [1.54, 1.807) is 6.07 Å². The van der Waals surface area contributed by atoms with Gasteiger partial charge in [-0.25, -0.2) is 4.39 Å². The van der Waals surface area contributed by atoms with Gasteiger partial charge in [-0.05, 0) is 42.9 Å². The molecular formula is C20H22FNO. The Bertz CT molecular complexity index is 661. The number of hydrogen-bond acceptors (Lipinski definition) is 2. The van der Waals surface area contributed by atoms with E-state index in [0.717, 1.165) is 24.0 Å². The van der Waals surface area contributed by atoms with E-state index in [1.807, 2.05) is 36.4 Å². The lowest BCUT2D eigenvalue weighted by Crippen LogP contribution is -2.41. The van der Waals surface area contributed by atoms with Gasteiger partial charge >= 0.3 is 0 Å². The summed E-state index contributed by atoms with van der Waals surface area (Å²) in [5.41, 5.74) is 2.64. The number of hydrogen-bond donors (Lipinski definition) is 1. The second-order valence-corrected chi connectivity index (χ2v) is 6.67. The molecule has 4 rings (SSSR count). The number of ether oxygens (including phenoxy) is 1. The molecule has 2 saturated heterocycles. The van der Waals surface area contributed by atoms with Crippen molar-refractivity contribution < 1.29 is 9.13 Å². The number of halogens is 1. The fourth-order valence-corrected chi connectivity index (χ4v) is 3.94. The summed E-state index contributed by atoms with van der Waals surface area (Å²) in [6, 6.07) is 16.4. The highest BCUT2D eigenvalue weighted by Crippen LogP contribution is 2.31. The molecule has 3 atom stereocenters. The van der Waals surface area contributed by atoms with Gasteiger partial charge in [-0.3, -0.25) is 0 Å². The first-order valence-electron chi connectivity index (χ1n) is 8.50. The van der Waals surface area contributed by atoms with Crippen molar-refractivity contribution >= 4 is 0 Å². The minimum Gasteiger partial charge on any atom is -0.373 e. The van der Waals surface area contributed by atoms with Gasteiger partial charge in [-0.1, -0.05) is 42.5 Å². The second-order valence-electron chi connectivity index (χ2n) is 6.67. The fourth-order valence-electron chi connectivity index (χ4n) is 3.94. The molecule has 0 aromatic heterocycles. The molecule has 0 spiro atoms. The highest BCUT2D eigenvalue weighted by atomic mass is 19.1. The molecule has 120 valence electrons. The van der Waals surface area contributed by atoms with Crippen molar-refractivity contribution in [1.29, 1.82) is 0 Å². The molecule has 0 radical (unpaired) electrons. The Labute approximate surface area is 136 Å². The van der Waals surface area contributed by atoms with Crippen molar-refractivity contribution in [3.05, 3.63) is 59.9 Å². The van der Waals surface area contributed by atoms with Crippen LogP contribution in [0.4, 0.5) is 4.39 Å². The van der Waals surface area contributed by atoms with E-state index in [9.17, 15) is 4.39 Å². The SMILES string of the molecule is Fc1cccc(-c2ccccc2)c1COC1C[C@H]2CC[C@@H](C1)N2. The van der Waals surface area contributed by atoms with Gasteiger partial charge < -0.3 is 10.1 Å². The average Bonchev–Trinajstić information content (AvgIpc) is 2.93. The number of rotatable bonds is 4. The van der Waals surface area contributed by atoms with Crippen LogP contribution in [0, 0.1) is 5.82 Å². The van der Waals surface area contributed by atoms with Crippen LogP contribution in [-0.2, 0) is 11.3 Å². The fraction of sp³-hybridized carbons (Fsp3) is 0.400. The van der Waals surface area contributed by atoms with Gasteiger partial charge in [0.05, 0.1) is 12.7 Å². The van der Waals surface area contributed by atoms with Crippen LogP contribution in [0.3, 0.4) is 0 Å². The summed E-state index contributed by atoms with van der Waals surface area (Å²) < 4.78 is 20.5. The minimum absolute atomic E-state index is 0.178. The summed E-state index contributed by atoms with van der Waals surface area (Å²) in [5.74, 6) is -0.178. The standard InChI is InChI=1S/C20H22FNO/c21-20-8-4-7-18(14-5-2-1-3-6-14)19(20)13-23-17-11-15-9-10-16(12-17)22-15/h1-8,15-17,22H,9-13H2/t15-,16+,17?. The highest BCUT2D eigenvalue weighted by molar-refractivity contribution is 5.67. The maximum Gasteiger partial charge on any atom is 0.129 e. The Morgan fingerprint density at radius 1 is 0.957 bits per heavy atom. The van der Waals surface area contributed by atoms with Crippen molar-refractivity contribution in [3.8, 4) is 11.1 Å². The Balaban J connectivity index is 1.52.